The Morgan fingerprint density at radius 2 is 0.977 bits per heavy atom. The molecular weight excluding hydrogens is 591 g/mol. The van der Waals surface area contributed by atoms with E-state index in [-0.39, 0.29) is 24.4 Å². The van der Waals surface area contributed by atoms with Gasteiger partial charge < -0.3 is 0 Å². The lowest BCUT2D eigenvalue weighted by Crippen LogP contribution is -2.33. The first-order chi connectivity index (χ1) is 21.4. The van der Waals surface area contributed by atoms with Gasteiger partial charge in [-0.3, -0.25) is 29.4 Å². The molecule has 0 saturated heterocycles. The lowest BCUT2D eigenvalue weighted by molar-refractivity contribution is -0.116. The molecule has 6 nitrogen and oxygen atoms in total. The first-order valence-corrected chi connectivity index (χ1v) is 17.2. The molecule has 0 atom stereocenters. The first-order valence-electron chi connectivity index (χ1n) is 16.5. The topological polar surface area (TPSA) is 65.3 Å². The van der Waals surface area contributed by atoms with E-state index in [1.54, 1.807) is 0 Å². The molecule has 0 amide bonds. The highest BCUT2D eigenvalue weighted by Gasteiger charge is 2.28. The molecule has 0 N–H and O–H groups in total. The molecule has 1 fully saturated rings. The van der Waals surface area contributed by atoms with Crippen LogP contribution in [-0.4, -0.2) is 72.1 Å². The summed E-state index contributed by atoms with van der Waals surface area (Å²) in [5.74, 6) is -0.0839. The molecule has 2 aromatic carbocycles. The maximum Gasteiger partial charge on any atom is 0.183 e. The van der Waals surface area contributed by atoms with E-state index in [1.165, 1.54) is 11.1 Å². The van der Waals surface area contributed by atoms with Crippen LogP contribution in [0, 0.1) is 0 Å². The van der Waals surface area contributed by atoms with Crippen LogP contribution in [0.4, 0.5) is 0 Å². The normalized spacial score (nSPS) is 15.8. The quantitative estimate of drug-likeness (QED) is 0.137. The Morgan fingerprint density at radius 1 is 0.591 bits per heavy atom. The van der Waals surface area contributed by atoms with Crippen molar-refractivity contribution in [1.29, 1.82) is 0 Å². The minimum absolute atomic E-state index is 0.0420. The maximum absolute atomic E-state index is 12.6. The fourth-order valence-corrected chi connectivity index (χ4v) is 5.85. The molecule has 0 spiro atoms. The zero-order valence-corrected chi connectivity index (χ0v) is 28.2. The molecule has 0 aliphatic heterocycles. The molecule has 0 radical (unpaired) electrons. The SMILES string of the molecule is CCN(CCCCCCN=C1CC(=O)C(=NCCCCCCN(CC)Cc2ccccc2Cl)CC1=O)Cc1ccccc1Cl. The van der Waals surface area contributed by atoms with Crippen molar-refractivity contribution in [3.63, 3.8) is 0 Å². The van der Waals surface area contributed by atoms with E-state index >= 15 is 0 Å². The van der Waals surface area contributed by atoms with Crippen LogP contribution in [-0.2, 0) is 22.7 Å². The number of nitrogens with zero attached hydrogens (tertiary/aromatic N) is 4. The van der Waals surface area contributed by atoms with Crippen molar-refractivity contribution < 1.29 is 9.59 Å². The van der Waals surface area contributed by atoms with E-state index in [1.807, 2.05) is 36.4 Å². The standard InChI is InChI=1S/C36H50Cl2N4O2/c1-3-41(27-29-17-9-11-19-31(29)37)23-15-7-5-13-21-39-33-25-36(44)34(26-35(33)43)40-22-14-6-8-16-24-42(4-2)28-30-18-10-12-20-32(30)38/h9-12,17-20H,3-8,13-16,21-28H2,1-2H3. The molecule has 1 saturated carbocycles. The third kappa shape index (κ3) is 12.9. The number of hydrogen-bond donors (Lipinski definition) is 0. The number of carbonyl (C=O) groups is 2. The lowest BCUT2D eigenvalue weighted by Gasteiger charge is -2.21. The van der Waals surface area contributed by atoms with Gasteiger partial charge in [0.2, 0.25) is 0 Å². The van der Waals surface area contributed by atoms with Crippen LogP contribution in [0.2, 0.25) is 10.0 Å². The molecule has 0 bridgehead atoms. The summed E-state index contributed by atoms with van der Waals surface area (Å²) < 4.78 is 0. The minimum atomic E-state index is -0.0420. The van der Waals surface area contributed by atoms with E-state index < -0.39 is 0 Å². The molecule has 8 heteroatoms. The van der Waals surface area contributed by atoms with Crippen molar-refractivity contribution in [2.45, 2.75) is 91.1 Å². The molecule has 44 heavy (non-hydrogen) atoms. The van der Waals surface area contributed by atoms with Gasteiger partial charge in [0.25, 0.3) is 0 Å². The third-order valence-electron chi connectivity index (χ3n) is 8.27. The highest BCUT2D eigenvalue weighted by atomic mass is 35.5. The molecule has 0 unspecified atom stereocenters. The second kappa shape index (κ2) is 20.6. The van der Waals surface area contributed by atoms with Crippen LogP contribution in [0.1, 0.15) is 89.2 Å². The number of carbonyl (C=O) groups excluding carboxylic acids is 2. The van der Waals surface area contributed by atoms with E-state index in [2.05, 4.69) is 45.8 Å². The van der Waals surface area contributed by atoms with E-state index in [4.69, 9.17) is 23.2 Å². The number of hydrogen-bond acceptors (Lipinski definition) is 6. The van der Waals surface area contributed by atoms with Crippen LogP contribution in [0.15, 0.2) is 58.5 Å². The van der Waals surface area contributed by atoms with Crippen LogP contribution >= 0.6 is 23.2 Å². The summed E-state index contributed by atoms with van der Waals surface area (Å²) >= 11 is 12.6. The Hall–Kier alpha value is -2.38. The number of unbranched alkanes of at least 4 members (excludes halogenated alkanes) is 6. The summed E-state index contributed by atoms with van der Waals surface area (Å²) in [6.45, 7) is 11.4. The Bertz CT molecular complexity index is 1150. The monoisotopic (exact) mass is 640 g/mol. The molecule has 0 aromatic heterocycles. The average Bonchev–Trinajstić information content (AvgIpc) is 3.02. The largest absolute Gasteiger partial charge is 0.299 e. The fraction of sp³-hybridized carbons (Fsp3) is 0.556. The summed E-state index contributed by atoms with van der Waals surface area (Å²) in [7, 11) is 0. The van der Waals surface area contributed by atoms with Crippen molar-refractivity contribution in [2.75, 3.05) is 39.3 Å². The molecule has 240 valence electrons. The summed E-state index contributed by atoms with van der Waals surface area (Å²) in [6, 6.07) is 16.1. The van der Waals surface area contributed by atoms with Crippen LogP contribution in [0.3, 0.4) is 0 Å². The van der Waals surface area contributed by atoms with E-state index in [9.17, 15) is 9.59 Å². The van der Waals surface area contributed by atoms with Gasteiger partial charge >= 0.3 is 0 Å². The number of halogens is 2. The van der Waals surface area contributed by atoms with Gasteiger partial charge in [-0.05, 0) is 75.1 Å². The van der Waals surface area contributed by atoms with Gasteiger partial charge in [-0.1, -0.05) is 99.1 Å². The first kappa shape index (κ1) is 36.1. The smallest absolute Gasteiger partial charge is 0.183 e. The summed E-state index contributed by atoms with van der Waals surface area (Å²) in [5, 5.41) is 1.65. The summed E-state index contributed by atoms with van der Waals surface area (Å²) in [4.78, 5) is 39.1. The summed E-state index contributed by atoms with van der Waals surface area (Å²) in [6.07, 6.45) is 8.66. The minimum Gasteiger partial charge on any atom is -0.299 e. The number of Topliss-reactive ketones (excluding diaryl/α,β-unsaturated/α-hetero) is 2. The maximum atomic E-state index is 12.6. The zero-order valence-electron chi connectivity index (χ0n) is 26.7. The van der Waals surface area contributed by atoms with Crippen molar-refractivity contribution in [1.82, 2.24) is 9.80 Å². The van der Waals surface area contributed by atoms with Gasteiger partial charge in [-0.2, -0.15) is 0 Å². The number of rotatable bonds is 20. The number of aliphatic imine (C=N–C) groups is 2. The van der Waals surface area contributed by atoms with Gasteiger partial charge in [-0.25, -0.2) is 0 Å². The number of benzene rings is 2. The molecule has 3 rings (SSSR count). The van der Waals surface area contributed by atoms with Crippen molar-refractivity contribution in [3.05, 3.63) is 69.7 Å². The van der Waals surface area contributed by atoms with Gasteiger partial charge in [0.05, 0.1) is 24.3 Å². The lowest BCUT2D eigenvalue weighted by atomic mass is 9.93. The van der Waals surface area contributed by atoms with Gasteiger partial charge in [0.1, 0.15) is 0 Å². The Balaban J connectivity index is 1.25. The molecule has 0 heterocycles. The van der Waals surface area contributed by atoms with Crippen molar-refractivity contribution in [2.24, 2.45) is 9.98 Å². The Morgan fingerprint density at radius 3 is 1.36 bits per heavy atom. The highest BCUT2D eigenvalue weighted by Crippen LogP contribution is 2.19. The van der Waals surface area contributed by atoms with Gasteiger partial charge in [0, 0.05) is 36.2 Å². The predicted molar refractivity (Wildman–Crippen MR) is 186 cm³/mol. The second-order valence-electron chi connectivity index (χ2n) is 11.6. The fourth-order valence-electron chi connectivity index (χ4n) is 5.46. The predicted octanol–water partition coefficient (Wildman–Crippen LogP) is 8.27. The van der Waals surface area contributed by atoms with Crippen LogP contribution < -0.4 is 0 Å². The average molecular weight is 642 g/mol. The Labute approximate surface area is 274 Å². The number of ketones is 2. The van der Waals surface area contributed by atoms with E-state index in [0.717, 1.165) is 101 Å². The summed E-state index contributed by atoms with van der Waals surface area (Å²) in [5.41, 5.74) is 3.21. The molecule has 2 aromatic rings. The zero-order chi connectivity index (χ0) is 31.6. The molecule has 1 aliphatic rings. The third-order valence-corrected chi connectivity index (χ3v) is 9.01. The molecule has 1 aliphatic carbocycles. The highest BCUT2D eigenvalue weighted by molar-refractivity contribution is 6.60. The van der Waals surface area contributed by atoms with E-state index in [0.29, 0.717) is 24.5 Å². The van der Waals surface area contributed by atoms with Gasteiger partial charge in [-0.15, -0.1) is 0 Å². The van der Waals surface area contributed by atoms with Crippen molar-refractivity contribution >= 4 is 46.2 Å². The second-order valence-corrected chi connectivity index (χ2v) is 12.4. The van der Waals surface area contributed by atoms with Gasteiger partial charge in [0.15, 0.2) is 11.6 Å². The van der Waals surface area contributed by atoms with Crippen molar-refractivity contribution in [3.8, 4) is 0 Å². The van der Waals surface area contributed by atoms with Crippen LogP contribution in [0.5, 0.6) is 0 Å². The Kier molecular flexibility index (Phi) is 16.9. The molecular formula is C36H50Cl2N4O2. The van der Waals surface area contributed by atoms with Crippen LogP contribution in [0.25, 0.3) is 0 Å².